The highest BCUT2D eigenvalue weighted by atomic mass is 35.5. The van der Waals surface area contributed by atoms with E-state index in [0.717, 1.165) is 22.0 Å². The van der Waals surface area contributed by atoms with Gasteiger partial charge in [-0.3, -0.25) is 4.79 Å². The van der Waals surface area contributed by atoms with Crippen molar-refractivity contribution in [3.8, 4) is 17.6 Å². The summed E-state index contributed by atoms with van der Waals surface area (Å²) >= 11 is 5.97. The third kappa shape index (κ3) is 4.21. The second-order valence-corrected chi connectivity index (χ2v) is 6.26. The Morgan fingerprint density at radius 3 is 2.84 bits per heavy atom. The molecule has 25 heavy (non-hydrogen) atoms. The Morgan fingerprint density at radius 2 is 2.08 bits per heavy atom. The van der Waals surface area contributed by atoms with Gasteiger partial charge in [-0.2, -0.15) is 5.26 Å². The van der Waals surface area contributed by atoms with Crippen molar-refractivity contribution in [1.29, 1.82) is 5.26 Å². The lowest BCUT2D eigenvalue weighted by molar-refractivity contribution is -0.885. The second kappa shape index (κ2) is 7.43. The summed E-state index contributed by atoms with van der Waals surface area (Å²) in [4.78, 5) is 13.2. The van der Waals surface area contributed by atoms with Gasteiger partial charge in [-0.15, -0.1) is 0 Å². The van der Waals surface area contributed by atoms with Gasteiger partial charge < -0.3 is 19.7 Å². The molecule has 0 saturated carbocycles. The summed E-state index contributed by atoms with van der Waals surface area (Å²) in [6, 6.07) is 12.6. The average Bonchev–Trinajstić information content (AvgIpc) is 3.02. The first kappa shape index (κ1) is 17.1. The molecular weight excluding hydrogens is 342 g/mol. The zero-order chi connectivity index (χ0) is 17.8. The van der Waals surface area contributed by atoms with Crippen LogP contribution in [0.3, 0.4) is 0 Å². The van der Waals surface area contributed by atoms with Crippen molar-refractivity contribution < 1.29 is 19.2 Å². The first-order valence-electron chi connectivity index (χ1n) is 7.74. The number of likely N-dealkylation sites (N-methyl/N-ethyl adjacent to an activating group) is 1. The number of benzene rings is 2. The molecule has 0 radical (unpaired) electrons. The van der Waals surface area contributed by atoms with Gasteiger partial charge in [0, 0.05) is 11.3 Å². The van der Waals surface area contributed by atoms with E-state index in [0.29, 0.717) is 29.4 Å². The monoisotopic (exact) mass is 358 g/mol. The first-order chi connectivity index (χ1) is 12.0. The Bertz CT molecular complexity index is 848. The molecule has 6 nitrogen and oxygen atoms in total. The zero-order valence-electron chi connectivity index (χ0n) is 13.6. The van der Waals surface area contributed by atoms with Gasteiger partial charge in [0.05, 0.1) is 17.6 Å². The number of fused-ring (bicyclic) bond motifs is 1. The predicted octanol–water partition coefficient (Wildman–Crippen LogP) is 1.59. The van der Waals surface area contributed by atoms with Crippen LogP contribution in [0.25, 0.3) is 0 Å². The molecule has 1 aliphatic rings. The Labute approximate surface area is 150 Å². The van der Waals surface area contributed by atoms with Crippen molar-refractivity contribution >= 4 is 23.2 Å². The Morgan fingerprint density at radius 1 is 1.28 bits per heavy atom. The number of hydrogen-bond acceptors (Lipinski definition) is 4. The largest absolute Gasteiger partial charge is 0.454 e. The fourth-order valence-corrected chi connectivity index (χ4v) is 2.85. The summed E-state index contributed by atoms with van der Waals surface area (Å²) in [6.07, 6.45) is 0. The number of quaternary nitrogens is 1. The lowest BCUT2D eigenvalue weighted by atomic mass is 10.2. The molecule has 2 aromatic carbocycles. The van der Waals surface area contributed by atoms with Gasteiger partial charge in [-0.25, -0.2) is 0 Å². The number of nitrogens with zero attached hydrogens (tertiary/aromatic N) is 1. The highest BCUT2D eigenvalue weighted by Crippen LogP contribution is 2.32. The molecule has 0 aliphatic carbocycles. The van der Waals surface area contributed by atoms with Crippen LogP contribution in [0.15, 0.2) is 36.4 Å². The summed E-state index contributed by atoms with van der Waals surface area (Å²) in [5.74, 6) is 1.36. The maximum Gasteiger partial charge on any atom is 0.279 e. The van der Waals surface area contributed by atoms with Crippen LogP contribution in [0.1, 0.15) is 11.1 Å². The van der Waals surface area contributed by atoms with Crippen molar-refractivity contribution in [3.63, 3.8) is 0 Å². The number of anilines is 1. The van der Waals surface area contributed by atoms with Crippen LogP contribution in [0.2, 0.25) is 5.02 Å². The van der Waals surface area contributed by atoms with Crippen molar-refractivity contribution in [1.82, 2.24) is 0 Å². The Balaban J connectivity index is 1.55. The van der Waals surface area contributed by atoms with E-state index in [4.69, 9.17) is 26.3 Å². The number of carbonyl (C=O) groups excluding carboxylic acids is 1. The summed E-state index contributed by atoms with van der Waals surface area (Å²) in [7, 11) is 1.94. The van der Waals surface area contributed by atoms with E-state index in [1.165, 1.54) is 0 Å². The predicted molar refractivity (Wildman–Crippen MR) is 92.8 cm³/mol. The van der Waals surface area contributed by atoms with Gasteiger partial charge in [0.2, 0.25) is 6.79 Å². The van der Waals surface area contributed by atoms with E-state index in [2.05, 4.69) is 5.32 Å². The summed E-state index contributed by atoms with van der Waals surface area (Å²) in [5.41, 5.74) is 2.02. The van der Waals surface area contributed by atoms with Crippen LogP contribution >= 0.6 is 11.6 Å². The molecule has 2 aromatic rings. The van der Waals surface area contributed by atoms with E-state index in [9.17, 15) is 4.79 Å². The lowest BCUT2D eigenvalue weighted by Crippen LogP contribution is -3.08. The quantitative estimate of drug-likeness (QED) is 0.851. The molecule has 128 valence electrons. The molecule has 0 aromatic heterocycles. The fourth-order valence-electron chi connectivity index (χ4n) is 2.62. The molecule has 2 N–H and O–H groups in total. The van der Waals surface area contributed by atoms with Crippen molar-refractivity contribution in [2.24, 2.45) is 0 Å². The van der Waals surface area contributed by atoms with Gasteiger partial charge >= 0.3 is 0 Å². The molecule has 1 amide bonds. The number of rotatable bonds is 5. The highest BCUT2D eigenvalue weighted by molar-refractivity contribution is 6.32. The standard InChI is InChI=1S/C18H16ClN3O3/c1-22(9-12-2-5-16-17(6-12)25-11-24-16)10-18(23)21-14-4-3-13(8-20)15(19)7-14/h2-7H,9-11H2,1H3,(H,21,23)/p+1. The van der Waals surface area contributed by atoms with Crippen molar-refractivity contribution in [2.45, 2.75) is 6.54 Å². The summed E-state index contributed by atoms with van der Waals surface area (Å²) in [6.45, 7) is 1.22. The van der Waals surface area contributed by atoms with E-state index >= 15 is 0 Å². The fraction of sp³-hybridized carbons (Fsp3) is 0.222. The van der Waals surface area contributed by atoms with E-state index in [-0.39, 0.29) is 12.7 Å². The van der Waals surface area contributed by atoms with E-state index in [1.807, 2.05) is 31.3 Å². The van der Waals surface area contributed by atoms with Crippen molar-refractivity contribution in [3.05, 3.63) is 52.5 Å². The molecule has 0 fully saturated rings. The number of nitriles is 1. The average molecular weight is 359 g/mol. The van der Waals surface area contributed by atoms with Gasteiger partial charge in [-0.05, 0) is 36.4 Å². The Hall–Kier alpha value is -2.75. The maximum absolute atomic E-state index is 12.2. The third-order valence-corrected chi connectivity index (χ3v) is 4.09. The van der Waals surface area contributed by atoms with Crippen molar-refractivity contribution in [2.75, 3.05) is 25.7 Å². The van der Waals surface area contributed by atoms with Crippen LogP contribution in [0, 0.1) is 11.3 Å². The molecule has 0 saturated heterocycles. The molecule has 0 bridgehead atoms. The molecule has 3 rings (SSSR count). The Kier molecular flexibility index (Phi) is 5.08. The van der Waals surface area contributed by atoms with Gasteiger partial charge in [-0.1, -0.05) is 11.6 Å². The molecule has 1 atom stereocenters. The van der Waals surface area contributed by atoms with E-state index in [1.54, 1.807) is 18.2 Å². The SMILES string of the molecule is C[NH+](CC(=O)Nc1ccc(C#N)c(Cl)c1)Cc1ccc2c(c1)OCO2. The smallest absolute Gasteiger partial charge is 0.279 e. The summed E-state index contributed by atoms with van der Waals surface area (Å²) < 4.78 is 10.7. The van der Waals surface area contributed by atoms with Gasteiger partial charge in [0.1, 0.15) is 12.6 Å². The first-order valence-corrected chi connectivity index (χ1v) is 8.12. The number of nitrogens with one attached hydrogen (secondary N) is 2. The molecular formula is C18H17ClN3O3+. The third-order valence-electron chi connectivity index (χ3n) is 3.78. The number of ether oxygens (including phenoxy) is 2. The second-order valence-electron chi connectivity index (χ2n) is 5.85. The summed E-state index contributed by atoms with van der Waals surface area (Å²) in [5, 5.41) is 12.0. The van der Waals surface area contributed by atoms with Crippen LogP contribution in [0.4, 0.5) is 5.69 Å². The van der Waals surface area contributed by atoms with Gasteiger partial charge in [0.25, 0.3) is 5.91 Å². The topological polar surface area (TPSA) is 75.8 Å². The number of halogens is 1. The molecule has 7 heteroatoms. The molecule has 0 spiro atoms. The number of hydrogen-bond donors (Lipinski definition) is 2. The maximum atomic E-state index is 12.2. The highest BCUT2D eigenvalue weighted by Gasteiger charge is 2.16. The zero-order valence-corrected chi connectivity index (χ0v) is 14.4. The van der Waals surface area contributed by atoms with Crippen LogP contribution in [-0.2, 0) is 11.3 Å². The van der Waals surface area contributed by atoms with Gasteiger partial charge in [0.15, 0.2) is 18.0 Å². The minimum absolute atomic E-state index is 0.126. The van der Waals surface area contributed by atoms with Crippen LogP contribution in [0.5, 0.6) is 11.5 Å². The molecule has 1 heterocycles. The van der Waals surface area contributed by atoms with Crippen LogP contribution < -0.4 is 19.7 Å². The molecule has 1 unspecified atom stereocenters. The minimum atomic E-state index is -0.126. The lowest BCUT2D eigenvalue weighted by Gasteiger charge is -2.14. The number of carbonyl (C=O) groups is 1. The normalized spacial score (nSPS) is 13.2. The molecule has 1 aliphatic heterocycles. The number of amides is 1. The van der Waals surface area contributed by atoms with E-state index < -0.39 is 0 Å². The van der Waals surface area contributed by atoms with Crippen LogP contribution in [-0.4, -0.2) is 26.3 Å². The minimum Gasteiger partial charge on any atom is -0.454 e.